The quantitative estimate of drug-likeness (QED) is 0.127. The fraction of sp³-hybridized carbons (Fsp3) is 0.270. The van der Waals surface area contributed by atoms with Gasteiger partial charge in [0.05, 0.1) is 16.7 Å². The Kier molecular flexibility index (Phi) is 12.6. The van der Waals surface area contributed by atoms with E-state index >= 15 is 0 Å². The van der Waals surface area contributed by atoms with Crippen LogP contribution < -0.4 is 9.30 Å². The van der Waals surface area contributed by atoms with Crippen LogP contribution in [-0.4, -0.2) is 14.1 Å². The third-order valence-corrected chi connectivity index (χ3v) is 17.3. The van der Waals surface area contributed by atoms with Crippen LogP contribution in [0, 0.1) is 18.5 Å². The first-order valence-corrected chi connectivity index (χ1v) is 28.2. The Bertz CT molecular complexity index is 4280. The Morgan fingerprint density at radius 1 is 0.500 bits per heavy atom. The second-order valence-electron chi connectivity index (χ2n) is 26.8. The molecule has 2 aliphatic rings. The van der Waals surface area contributed by atoms with Gasteiger partial charge < -0.3 is 13.9 Å². The summed E-state index contributed by atoms with van der Waals surface area (Å²) in [5.41, 5.74) is 22.0. The smallest absolute Gasteiger partial charge is 0.268 e. The number of benzene rings is 8. The van der Waals surface area contributed by atoms with Gasteiger partial charge in [0.25, 0.3) is 6.33 Å². The SMILES string of the molecule is CC(C)(C)c1ccc(-c2cc(C(C)(C)C)cc3c2-[n+]2[c-]n(-c4[c-]c(Oc5[c-]c6c(cc5)c5ccccc5n6-c5cc(C(C)(C)C)ccn5)ccc4)c4cccc(c42)-c2ccccc2-c2cc4c(cc2-3)C(C)(C)CCC4(C)C)cc1.[Pt]. The fourth-order valence-electron chi connectivity index (χ4n) is 12.5. The molecule has 1 aliphatic carbocycles. The van der Waals surface area contributed by atoms with E-state index in [9.17, 15) is 0 Å². The van der Waals surface area contributed by atoms with E-state index in [1.807, 2.05) is 18.3 Å². The normalized spacial score (nSPS) is 14.6. The number of aromatic nitrogens is 4. The summed E-state index contributed by atoms with van der Waals surface area (Å²) in [5, 5.41) is 2.22. The number of pyridine rings is 1. The first-order valence-electron chi connectivity index (χ1n) is 28.2. The Morgan fingerprint density at radius 2 is 1.09 bits per heavy atom. The maximum Gasteiger partial charge on any atom is 0.268 e. The zero-order valence-electron chi connectivity index (χ0n) is 48.5. The summed E-state index contributed by atoms with van der Waals surface area (Å²) in [6.45, 7) is 30.4. The Balaban J connectivity index is 0.00000637. The molecule has 0 spiro atoms. The molecule has 11 aromatic rings. The van der Waals surface area contributed by atoms with Gasteiger partial charge >= 0.3 is 0 Å². The molecule has 80 heavy (non-hydrogen) atoms. The van der Waals surface area contributed by atoms with Gasteiger partial charge in [-0.3, -0.25) is 4.57 Å². The molecule has 0 amide bonds. The largest absolute Gasteiger partial charge is 0.510 e. The first-order chi connectivity index (χ1) is 37.5. The van der Waals surface area contributed by atoms with Crippen molar-refractivity contribution in [2.45, 2.75) is 130 Å². The first kappa shape index (κ1) is 53.3. The van der Waals surface area contributed by atoms with Crippen molar-refractivity contribution in [1.82, 2.24) is 14.1 Å². The predicted octanol–water partition coefficient (Wildman–Crippen LogP) is 18.8. The molecular weight excluding hydrogens is 1160 g/mol. The van der Waals surface area contributed by atoms with Gasteiger partial charge in [0.2, 0.25) is 0 Å². The zero-order chi connectivity index (χ0) is 55.1. The van der Waals surface area contributed by atoms with Crippen molar-refractivity contribution in [3.05, 3.63) is 210 Å². The summed E-state index contributed by atoms with van der Waals surface area (Å²) >= 11 is 0. The third-order valence-electron chi connectivity index (χ3n) is 17.3. The van der Waals surface area contributed by atoms with E-state index in [-0.39, 0.29) is 48.1 Å². The zero-order valence-corrected chi connectivity index (χ0v) is 50.8. The van der Waals surface area contributed by atoms with Crippen molar-refractivity contribution in [3.8, 4) is 73.2 Å². The molecule has 0 saturated carbocycles. The minimum absolute atomic E-state index is 0. The average molecular weight is 1230 g/mol. The molecule has 8 aromatic carbocycles. The number of fused-ring (bicyclic) bond motifs is 11. The van der Waals surface area contributed by atoms with E-state index in [1.54, 1.807) is 0 Å². The minimum atomic E-state index is -0.156. The van der Waals surface area contributed by atoms with E-state index in [2.05, 4.69) is 268 Å². The molecule has 0 bridgehead atoms. The van der Waals surface area contributed by atoms with E-state index in [0.29, 0.717) is 11.5 Å². The molecule has 0 saturated heterocycles. The van der Waals surface area contributed by atoms with Crippen molar-refractivity contribution in [2.24, 2.45) is 0 Å². The van der Waals surface area contributed by atoms with Crippen LogP contribution in [0.5, 0.6) is 11.5 Å². The molecule has 0 fully saturated rings. The summed E-state index contributed by atoms with van der Waals surface area (Å²) < 4.78 is 13.6. The van der Waals surface area contributed by atoms with E-state index in [1.165, 1.54) is 61.2 Å². The van der Waals surface area contributed by atoms with Crippen LogP contribution in [0.4, 0.5) is 0 Å². The summed E-state index contributed by atoms with van der Waals surface area (Å²) in [6.07, 6.45) is 8.23. The number of rotatable bonds is 5. The van der Waals surface area contributed by atoms with Gasteiger partial charge in [0.15, 0.2) is 0 Å². The second kappa shape index (κ2) is 18.9. The topological polar surface area (TPSA) is 35.9 Å². The summed E-state index contributed by atoms with van der Waals surface area (Å²) in [6, 6.07) is 65.8. The summed E-state index contributed by atoms with van der Waals surface area (Å²) in [7, 11) is 0. The average Bonchev–Trinajstić information content (AvgIpc) is 2.69. The van der Waals surface area contributed by atoms with Gasteiger partial charge in [-0.2, -0.15) is 18.2 Å². The Labute approximate surface area is 487 Å². The molecule has 1 aliphatic heterocycles. The van der Waals surface area contributed by atoms with Crippen LogP contribution in [-0.2, 0) is 48.1 Å². The van der Waals surface area contributed by atoms with Crippen LogP contribution in [0.1, 0.15) is 131 Å². The molecule has 3 aromatic heterocycles. The molecule has 0 atom stereocenters. The van der Waals surface area contributed by atoms with E-state index in [4.69, 9.17) is 9.72 Å². The number of nitrogens with zero attached hydrogens (tertiary/aromatic N) is 4. The molecule has 404 valence electrons. The van der Waals surface area contributed by atoms with Gasteiger partial charge in [0, 0.05) is 44.3 Å². The second-order valence-corrected chi connectivity index (χ2v) is 26.8. The number of hydrogen-bond donors (Lipinski definition) is 0. The predicted molar refractivity (Wildman–Crippen MR) is 327 cm³/mol. The van der Waals surface area contributed by atoms with Crippen LogP contribution >= 0.6 is 0 Å². The molecule has 5 nitrogen and oxygen atoms in total. The van der Waals surface area contributed by atoms with Gasteiger partial charge in [-0.1, -0.05) is 199 Å². The van der Waals surface area contributed by atoms with Gasteiger partial charge in [-0.05, 0) is 148 Å². The molecular formula is C74H70N4OPt-2. The maximum atomic E-state index is 6.85. The fourth-order valence-corrected chi connectivity index (χ4v) is 12.5. The van der Waals surface area contributed by atoms with Crippen LogP contribution in [0.2, 0.25) is 0 Å². The van der Waals surface area contributed by atoms with Crippen LogP contribution in [0.15, 0.2) is 164 Å². The summed E-state index contributed by atoms with van der Waals surface area (Å²) in [4.78, 5) is 4.92. The third kappa shape index (κ3) is 8.87. The van der Waals surface area contributed by atoms with E-state index in [0.717, 1.165) is 74.0 Å². The van der Waals surface area contributed by atoms with Crippen molar-refractivity contribution >= 4 is 32.8 Å². The van der Waals surface area contributed by atoms with Crippen molar-refractivity contribution in [3.63, 3.8) is 0 Å². The van der Waals surface area contributed by atoms with Crippen molar-refractivity contribution in [1.29, 1.82) is 0 Å². The Morgan fingerprint density at radius 3 is 1.77 bits per heavy atom. The number of imidazole rings is 1. The molecule has 0 radical (unpaired) electrons. The monoisotopic (exact) mass is 1230 g/mol. The minimum Gasteiger partial charge on any atom is -0.510 e. The number of hydrogen-bond acceptors (Lipinski definition) is 2. The standard InChI is InChI=1S/C74H70N4O.Pt/c1-70(2,3)47-30-28-46(29-31-47)58-38-49(72(7,8)9)39-61-60-44-63-62(73(10,11)35-36-74(63,12)13)43-59(60)54-23-15-14-22-53(54)57-25-19-27-65-69(57)77(68(58)61)45-76(65)50-20-18-21-51(41-50)79-52-32-33-56-55-24-16-17-26-64(55)78(66(56)42-52)67-40-48(34-37-75-67)71(4,5)6;/h14-34,37-40,43-44H,35-36H2,1-13H3;/q-2;. The number of para-hydroxylation sites is 2. The molecule has 4 heterocycles. The summed E-state index contributed by atoms with van der Waals surface area (Å²) in [5.74, 6) is 2.02. The van der Waals surface area contributed by atoms with Gasteiger partial charge in [-0.25, -0.2) is 4.98 Å². The van der Waals surface area contributed by atoms with E-state index < -0.39 is 0 Å². The Hall–Kier alpha value is -7.33. The van der Waals surface area contributed by atoms with Gasteiger partial charge in [-0.15, -0.1) is 29.7 Å². The molecule has 13 rings (SSSR count). The number of ether oxygens (including phenoxy) is 1. The molecule has 6 heteroatoms. The van der Waals surface area contributed by atoms with Crippen LogP contribution in [0.25, 0.3) is 94.5 Å². The molecule has 0 N–H and O–H groups in total. The van der Waals surface area contributed by atoms with Crippen molar-refractivity contribution < 1.29 is 30.4 Å². The maximum absolute atomic E-state index is 6.85. The van der Waals surface area contributed by atoms with Crippen molar-refractivity contribution in [2.75, 3.05) is 0 Å². The van der Waals surface area contributed by atoms with Gasteiger partial charge in [0.1, 0.15) is 5.82 Å². The molecule has 0 unspecified atom stereocenters. The van der Waals surface area contributed by atoms with Crippen LogP contribution in [0.3, 0.4) is 0 Å².